The van der Waals surface area contributed by atoms with Gasteiger partial charge in [-0.2, -0.15) is 4.72 Å². The maximum atomic E-state index is 12.1. The molecule has 0 bridgehead atoms. The van der Waals surface area contributed by atoms with Crippen LogP contribution in [0, 0.1) is 0 Å². The number of hydrogen-bond acceptors (Lipinski definition) is 4. The Bertz CT molecular complexity index is 512. The van der Waals surface area contributed by atoms with Gasteiger partial charge in [-0.15, -0.1) is 0 Å². The molecule has 1 unspecified atom stereocenters. The summed E-state index contributed by atoms with van der Waals surface area (Å²) in [6.07, 6.45) is 0.297. The summed E-state index contributed by atoms with van der Waals surface area (Å²) in [5.41, 5.74) is -1.26. The summed E-state index contributed by atoms with van der Waals surface area (Å²) < 4.78 is 31.2. The molecule has 1 aromatic rings. The van der Waals surface area contributed by atoms with Gasteiger partial charge in [0.25, 0.3) is 0 Å². The summed E-state index contributed by atoms with van der Waals surface area (Å²) >= 11 is 0. The van der Waals surface area contributed by atoms with E-state index >= 15 is 0 Å². The second-order valence-corrected chi connectivity index (χ2v) is 5.78. The monoisotopic (exact) mass is 271 g/mol. The van der Waals surface area contributed by atoms with Crippen molar-refractivity contribution in [3.05, 3.63) is 30.3 Å². The minimum Gasteiger partial charge on any atom is -0.468 e. The van der Waals surface area contributed by atoms with E-state index in [2.05, 4.69) is 9.46 Å². The third-order valence-corrected chi connectivity index (χ3v) is 4.37. The smallest absolute Gasteiger partial charge is 0.326 e. The molecular weight excluding hydrogens is 254 g/mol. The summed E-state index contributed by atoms with van der Waals surface area (Å²) in [6, 6.07) is 7.90. The molecule has 0 spiro atoms. The molecule has 0 fully saturated rings. The zero-order valence-corrected chi connectivity index (χ0v) is 11.5. The van der Waals surface area contributed by atoms with Crippen molar-refractivity contribution in [1.82, 2.24) is 4.72 Å². The first-order valence-corrected chi connectivity index (χ1v) is 7.01. The van der Waals surface area contributed by atoms with Crippen LogP contribution in [0.5, 0.6) is 0 Å². The lowest BCUT2D eigenvalue weighted by Crippen LogP contribution is -2.52. The van der Waals surface area contributed by atoms with E-state index in [-0.39, 0.29) is 4.90 Å². The lowest BCUT2D eigenvalue weighted by atomic mass is 10.0. The number of hydrogen-bond donors (Lipinski definition) is 1. The fraction of sp³-hybridized carbons (Fsp3) is 0.417. The Hall–Kier alpha value is -1.40. The highest BCUT2D eigenvalue weighted by molar-refractivity contribution is 7.89. The molecule has 0 heterocycles. The van der Waals surface area contributed by atoms with Crippen molar-refractivity contribution in [1.29, 1.82) is 0 Å². The Morgan fingerprint density at radius 3 is 2.33 bits per heavy atom. The molecule has 0 aromatic heterocycles. The van der Waals surface area contributed by atoms with Crippen molar-refractivity contribution in [2.75, 3.05) is 7.11 Å². The molecule has 0 aliphatic carbocycles. The Balaban J connectivity index is 3.06. The third-order valence-electron chi connectivity index (χ3n) is 2.76. The van der Waals surface area contributed by atoms with Gasteiger partial charge in [-0.3, -0.25) is 4.79 Å². The normalized spacial score (nSPS) is 14.8. The fourth-order valence-corrected chi connectivity index (χ4v) is 2.89. The number of carbonyl (C=O) groups is 1. The van der Waals surface area contributed by atoms with Gasteiger partial charge in [0.2, 0.25) is 10.0 Å². The van der Waals surface area contributed by atoms with E-state index in [1.807, 2.05) is 0 Å². The van der Waals surface area contributed by atoms with Crippen molar-refractivity contribution >= 4 is 16.0 Å². The molecule has 5 nitrogen and oxygen atoms in total. The van der Waals surface area contributed by atoms with Crippen LogP contribution >= 0.6 is 0 Å². The summed E-state index contributed by atoms with van der Waals surface area (Å²) in [7, 11) is -2.51. The Morgan fingerprint density at radius 2 is 1.89 bits per heavy atom. The highest BCUT2D eigenvalue weighted by atomic mass is 32.2. The van der Waals surface area contributed by atoms with Crippen molar-refractivity contribution in [3.63, 3.8) is 0 Å². The van der Waals surface area contributed by atoms with E-state index in [1.165, 1.54) is 26.2 Å². The van der Waals surface area contributed by atoms with Gasteiger partial charge < -0.3 is 4.74 Å². The SMILES string of the molecule is CCC(C)(NS(=O)(=O)c1ccccc1)C(=O)OC. The Morgan fingerprint density at radius 1 is 1.33 bits per heavy atom. The quantitative estimate of drug-likeness (QED) is 0.819. The average Bonchev–Trinajstić information content (AvgIpc) is 2.38. The first-order chi connectivity index (χ1) is 8.35. The van der Waals surface area contributed by atoms with E-state index in [4.69, 9.17) is 0 Å². The molecule has 1 atom stereocenters. The van der Waals surface area contributed by atoms with Crippen molar-refractivity contribution < 1.29 is 17.9 Å². The maximum absolute atomic E-state index is 12.1. The van der Waals surface area contributed by atoms with Crippen LogP contribution in [0.2, 0.25) is 0 Å². The molecule has 1 rings (SSSR count). The van der Waals surface area contributed by atoms with Crippen molar-refractivity contribution in [3.8, 4) is 0 Å². The molecule has 0 amide bonds. The standard InChI is InChI=1S/C12H17NO4S/c1-4-12(2,11(14)17-3)13-18(15,16)10-8-6-5-7-9-10/h5-9,13H,4H2,1-3H3. The number of nitrogens with one attached hydrogen (secondary N) is 1. The average molecular weight is 271 g/mol. The van der Waals surface area contributed by atoms with Gasteiger partial charge in [0, 0.05) is 0 Å². The zero-order chi connectivity index (χ0) is 13.8. The Kier molecular flexibility index (Phi) is 4.48. The van der Waals surface area contributed by atoms with Gasteiger partial charge in [-0.05, 0) is 25.5 Å². The predicted molar refractivity (Wildman–Crippen MR) is 67.5 cm³/mol. The van der Waals surface area contributed by atoms with Gasteiger partial charge in [-0.25, -0.2) is 8.42 Å². The maximum Gasteiger partial charge on any atom is 0.326 e. The van der Waals surface area contributed by atoms with Crippen LogP contribution in [-0.2, 0) is 19.6 Å². The summed E-state index contributed by atoms with van der Waals surface area (Å²) in [6.45, 7) is 3.21. The number of benzene rings is 1. The van der Waals surface area contributed by atoms with Crippen molar-refractivity contribution in [2.45, 2.75) is 30.7 Å². The summed E-state index contributed by atoms with van der Waals surface area (Å²) in [5, 5.41) is 0. The van der Waals surface area contributed by atoms with Gasteiger partial charge in [0.15, 0.2) is 0 Å². The van der Waals surface area contributed by atoms with Crippen LogP contribution in [0.4, 0.5) is 0 Å². The van der Waals surface area contributed by atoms with Crippen molar-refractivity contribution in [2.24, 2.45) is 0 Å². The van der Waals surface area contributed by atoms with E-state index in [0.717, 1.165) is 0 Å². The molecule has 0 radical (unpaired) electrons. The van der Waals surface area contributed by atoms with Gasteiger partial charge >= 0.3 is 5.97 Å². The number of ether oxygens (including phenoxy) is 1. The van der Waals surface area contributed by atoms with Gasteiger partial charge in [-0.1, -0.05) is 25.1 Å². The van der Waals surface area contributed by atoms with E-state index < -0.39 is 21.5 Å². The lowest BCUT2D eigenvalue weighted by molar-refractivity contribution is -0.147. The molecule has 0 aliphatic heterocycles. The first kappa shape index (κ1) is 14.7. The van der Waals surface area contributed by atoms with Crippen LogP contribution in [0.25, 0.3) is 0 Å². The number of methoxy groups -OCH3 is 1. The summed E-state index contributed by atoms with van der Waals surface area (Å²) in [5.74, 6) is -0.607. The van der Waals surface area contributed by atoms with Crippen LogP contribution in [0.15, 0.2) is 35.2 Å². The van der Waals surface area contributed by atoms with E-state index in [0.29, 0.717) is 6.42 Å². The minimum absolute atomic E-state index is 0.119. The first-order valence-electron chi connectivity index (χ1n) is 5.53. The molecule has 0 saturated heterocycles. The number of rotatable bonds is 5. The topological polar surface area (TPSA) is 72.5 Å². The number of sulfonamides is 1. The largest absolute Gasteiger partial charge is 0.468 e. The number of esters is 1. The number of carbonyl (C=O) groups excluding carboxylic acids is 1. The fourth-order valence-electron chi connectivity index (χ4n) is 1.44. The zero-order valence-electron chi connectivity index (χ0n) is 10.6. The Labute approximate surface area is 107 Å². The molecular formula is C12H17NO4S. The van der Waals surface area contributed by atoms with Gasteiger partial charge in [0.1, 0.15) is 5.54 Å². The minimum atomic E-state index is -3.74. The van der Waals surface area contributed by atoms with Crippen LogP contribution in [0.1, 0.15) is 20.3 Å². The predicted octanol–water partition coefficient (Wildman–Crippen LogP) is 1.31. The van der Waals surface area contributed by atoms with Crippen LogP contribution in [0.3, 0.4) is 0 Å². The van der Waals surface area contributed by atoms with Gasteiger partial charge in [0.05, 0.1) is 12.0 Å². The molecule has 6 heteroatoms. The van der Waals surface area contributed by atoms with Crippen LogP contribution < -0.4 is 4.72 Å². The molecule has 0 saturated carbocycles. The molecule has 1 N–H and O–H groups in total. The highest BCUT2D eigenvalue weighted by Crippen LogP contribution is 2.17. The van der Waals surface area contributed by atoms with E-state index in [1.54, 1.807) is 25.1 Å². The second kappa shape index (κ2) is 5.49. The van der Waals surface area contributed by atoms with Crippen LogP contribution in [-0.4, -0.2) is 27.0 Å². The van der Waals surface area contributed by atoms with E-state index in [9.17, 15) is 13.2 Å². The third kappa shape index (κ3) is 3.08. The summed E-state index contributed by atoms with van der Waals surface area (Å²) in [4.78, 5) is 11.7. The highest BCUT2D eigenvalue weighted by Gasteiger charge is 2.37. The molecule has 1 aromatic carbocycles. The lowest BCUT2D eigenvalue weighted by Gasteiger charge is -2.26. The molecule has 18 heavy (non-hydrogen) atoms. The second-order valence-electron chi connectivity index (χ2n) is 4.10. The molecule has 100 valence electrons. The molecule has 0 aliphatic rings.